The summed E-state index contributed by atoms with van der Waals surface area (Å²) in [5.74, 6) is 5.89. The van der Waals surface area contributed by atoms with Gasteiger partial charge in [0.2, 0.25) is 11.9 Å². The van der Waals surface area contributed by atoms with Crippen molar-refractivity contribution in [3.05, 3.63) is 48.9 Å². The van der Waals surface area contributed by atoms with E-state index in [2.05, 4.69) is 38.1 Å². The number of piperidine rings is 1. The van der Waals surface area contributed by atoms with E-state index < -0.39 is 17.0 Å². The van der Waals surface area contributed by atoms with Crippen LogP contribution in [-0.2, 0) is 24.4 Å². The molecular weight excluding hydrogens is 528 g/mol. The number of nitrogens with one attached hydrogen (secondary N) is 1. The molecule has 1 aliphatic rings. The van der Waals surface area contributed by atoms with Gasteiger partial charge in [0.15, 0.2) is 5.52 Å². The van der Waals surface area contributed by atoms with Crippen molar-refractivity contribution in [1.82, 2.24) is 24.2 Å². The first-order valence-corrected chi connectivity index (χ1v) is 12.4. The Hall–Kier alpha value is -3.56. The van der Waals surface area contributed by atoms with Gasteiger partial charge in [0, 0.05) is 36.3 Å². The maximum Gasteiger partial charge on any atom is 0.294 e. The molecule has 3 aromatic rings. The molecule has 1 aromatic carbocycles. The molecule has 3 heterocycles. The van der Waals surface area contributed by atoms with Crippen LogP contribution < -0.4 is 32.8 Å². The minimum Gasteiger partial charge on any atom is -0.398 e. The lowest BCUT2D eigenvalue weighted by Crippen LogP contribution is -2.44. The van der Waals surface area contributed by atoms with Gasteiger partial charge in [0.1, 0.15) is 12.1 Å². The van der Waals surface area contributed by atoms with Crippen molar-refractivity contribution in [2.45, 2.75) is 45.4 Å². The van der Waals surface area contributed by atoms with Crippen LogP contribution in [0, 0.1) is 11.8 Å². The molecule has 4 rings (SSSR count). The Kier molecular flexibility index (Phi) is 7.51. The number of fused-ring (bicyclic) bond motifs is 1. The Balaban J connectivity index is 1.99. The van der Waals surface area contributed by atoms with Crippen LogP contribution in [-0.4, -0.2) is 51.0 Å². The number of carbonyl (C=O) groups is 1. The van der Waals surface area contributed by atoms with E-state index in [1.54, 1.807) is 29.7 Å². The zero-order chi connectivity index (χ0) is 26.0. The van der Waals surface area contributed by atoms with E-state index in [-0.39, 0.29) is 36.7 Å². The first-order valence-electron chi connectivity index (χ1n) is 11.6. The minimum absolute atomic E-state index is 0.00372. The van der Waals surface area contributed by atoms with Crippen molar-refractivity contribution in [3.8, 4) is 11.8 Å². The second kappa shape index (κ2) is 10.6. The molecule has 1 unspecified atom stereocenters. The molecule has 36 heavy (non-hydrogen) atoms. The number of halogens is 1. The Morgan fingerprint density at radius 2 is 2.06 bits per heavy atom. The van der Waals surface area contributed by atoms with Crippen molar-refractivity contribution in [1.29, 1.82) is 0 Å². The second-order valence-electron chi connectivity index (χ2n) is 8.71. The van der Waals surface area contributed by atoms with E-state index >= 15 is 0 Å². The van der Waals surface area contributed by atoms with Gasteiger partial charge in [0.05, 0.1) is 13.1 Å². The van der Waals surface area contributed by atoms with E-state index in [0.29, 0.717) is 30.3 Å². The monoisotopic (exact) mass is 556 g/mol. The lowest BCUT2D eigenvalue weighted by Gasteiger charge is -2.31. The molecule has 190 valence electrons. The van der Waals surface area contributed by atoms with Crippen LogP contribution >= 0.6 is 15.9 Å². The molecule has 1 amide bonds. The maximum atomic E-state index is 14.0. The Morgan fingerprint density at radius 1 is 1.28 bits per heavy atom. The Bertz CT molecular complexity index is 1490. The lowest BCUT2D eigenvalue weighted by atomic mass is 10.1. The molecule has 12 heteroatoms. The average Bonchev–Trinajstić information content (AvgIpc) is 3.24. The summed E-state index contributed by atoms with van der Waals surface area (Å²) in [5.41, 5.74) is 12.6. The number of hydrogen-bond donors (Lipinski definition) is 3. The fourth-order valence-corrected chi connectivity index (χ4v) is 4.79. The number of hydrogen-bond acceptors (Lipinski definition) is 7. The summed E-state index contributed by atoms with van der Waals surface area (Å²) in [6.45, 7) is 2.80. The van der Waals surface area contributed by atoms with Crippen LogP contribution in [0.15, 0.2) is 32.3 Å². The molecule has 2 aromatic heterocycles. The number of carbonyl (C=O) groups excluding carboxylic acids is 1. The normalized spacial score (nSPS) is 15.6. The van der Waals surface area contributed by atoms with Crippen LogP contribution in [0.1, 0.15) is 25.3 Å². The number of nitrogens with zero attached hydrogens (tertiary/aromatic N) is 5. The van der Waals surface area contributed by atoms with Gasteiger partial charge >= 0.3 is 0 Å². The molecular formula is C24H29BrN8O3. The number of aromatic nitrogens is 4. The third kappa shape index (κ3) is 4.89. The molecule has 1 atom stereocenters. The molecule has 1 fully saturated rings. The predicted molar refractivity (Wildman–Crippen MR) is 143 cm³/mol. The van der Waals surface area contributed by atoms with Crippen molar-refractivity contribution in [3.63, 3.8) is 0 Å². The predicted octanol–water partition coefficient (Wildman–Crippen LogP) is 0.450. The van der Waals surface area contributed by atoms with Gasteiger partial charge < -0.3 is 21.7 Å². The number of imidazole rings is 1. The number of anilines is 2. The highest BCUT2D eigenvalue weighted by molar-refractivity contribution is 9.10. The summed E-state index contributed by atoms with van der Waals surface area (Å²) in [4.78, 5) is 46.6. The first kappa shape index (κ1) is 25.5. The third-order valence-corrected chi connectivity index (χ3v) is 6.76. The number of rotatable bonds is 6. The van der Waals surface area contributed by atoms with Crippen LogP contribution in [0.2, 0.25) is 0 Å². The standard InChI is InChI=1S/C24H29BrN8O3/c1-3-4-10-31-21-20(29-24(31)30-9-5-6-17(26)13-30)22(35)33(14-19(34)28-2)32(23(21)36)12-15-7-8-16(25)11-18(15)27/h7-8,11,17H,5-6,9-10,12-14,26-27H2,1-2H3,(H,28,34). The molecule has 0 aliphatic carbocycles. The zero-order valence-corrected chi connectivity index (χ0v) is 21.8. The number of nitrogen functional groups attached to an aromatic ring is 1. The van der Waals surface area contributed by atoms with Gasteiger partial charge in [-0.2, -0.15) is 0 Å². The third-order valence-electron chi connectivity index (χ3n) is 6.27. The number of benzene rings is 1. The summed E-state index contributed by atoms with van der Waals surface area (Å²) >= 11 is 3.38. The number of nitrogens with two attached hydrogens (primary N) is 2. The lowest BCUT2D eigenvalue weighted by molar-refractivity contribution is -0.121. The zero-order valence-electron chi connectivity index (χ0n) is 20.3. The highest BCUT2D eigenvalue weighted by Gasteiger charge is 2.27. The van der Waals surface area contributed by atoms with Crippen LogP contribution in [0.5, 0.6) is 0 Å². The van der Waals surface area contributed by atoms with E-state index in [1.165, 1.54) is 11.7 Å². The summed E-state index contributed by atoms with van der Waals surface area (Å²) < 4.78 is 4.84. The van der Waals surface area contributed by atoms with E-state index in [0.717, 1.165) is 22.0 Å². The number of amides is 1. The van der Waals surface area contributed by atoms with Crippen molar-refractivity contribution >= 4 is 44.5 Å². The van der Waals surface area contributed by atoms with Crippen LogP contribution in [0.3, 0.4) is 0 Å². The van der Waals surface area contributed by atoms with Gasteiger partial charge in [-0.1, -0.05) is 27.9 Å². The second-order valence-corrected chi connectivity index (χ2v) is 9.63. The minimum atomic E-state index is -0.547. The van der Waals surface area contributed by atoms with Crippen molar-refractivity contribution in [2.75, 3.05) is 30.8 Å². The van der Waals surface area contributed by atoms with E-state index in [1.807, 2.05) is 4.90 Å². The first-order chi connectivity index (χ1) is 17.2. The SMILES string of the molecule is CC#CCn1c(N2CCCC(N)C2)nc2c(=O)n(CC(=O)NC)n(Cc3ccc(Br)cc3N)c(=O)c21. The van der Waals surface area contributed by atoms with Crippen LogP contribution in [0.4, 0.5) is 11.6 Å². The topological polar surface area (TPSA) is 146 Å². The summed E-state index contributed by atoms with van der Waals surface area (Å²) in [5, 5.41) is 2.51. The van der Waals surface area contributed by atoms with Gasteiger partial charge in [-0.3, -0.25) is 19.0 Å². The van der Waals surface area contributed by atoms with Gasteiger partial charge in [-0.05, 0) is 37.5 Å². The smallest absolute Gasteiger partial charge is 0.294 e. The molecule has 0 radical (unpaired) electrons. The van der Waals surface area contributed by atoms with Gasteiger partial charge in [-0.15, -0.1) is 5.92 Å². The average molecular weight is 557 g/mol. The Morgan fingerprint density at radius 3 is 2.72 bits per heavy atom. The fourth-order valence-electron chi connectivity index (χ4n) is 4.41. The molecule has 5 N–H and O–H groups in total. The Labute approximate surface area is 216 Å². The molecule has 0 spiro atoms. The molecule has 1 saturated heterocycles. The van der Waals surface area contributed by atoms with Crippen LogP contribution in [0.25, 0.3) is 11.0 Å². The van der Waals surface area contributed by atoms with E-state index in [9.17, 15) is 14.4 Å². The summed E-state index contributed by atoms with van der Waals surface area (Å²) in [6, 6.07) is 5.26. The summed E-state index contributed by atoms with van der Waals surface area (Å²) in [7, 11) is 1.47. The molecule has 0 bridgehead atoms. The quantitative estimate of drug-likeness (QED) is 0.295. The molecule has 1 aliphatic heterocycles. The fraction of sp³-hybridized carbons (Fsp3) is 0.417. The summed E-state index contributed by atoms with van der Waals surface area (Å²) in [6.07, 6.45) is 1.77. The highest BCUT2D eigenvalue weighted by Crippen LogP contribution is 2.23. The van der Waals surface area contributed by atoms with Crippen molar-refractivity contribution < 1.29 is 4.79 Å². The van der Waals surface area contributed by atoms with Gasteiger partial charge in [0.25, 0.3) is 11.1 Å². The maximum absolute atomic E-state index is 14.0. The highest BCUT2D eigenvalue weighted by atomic mass is 79.9. The molecule has 11 nitrogen and oxygen atoms in total. The number of likely N-dealkylation sites (N-methyl/N-ethyl adjacent to an activating group) is 1. The van der Waals surface area contributed by atoms with Gasteiger partial charge in [-0.25, -0.2) is 14.3 Å². The molecule has 0 saturated carbocycles. The van der Waals surface area contributed by atoms with E-state index in [4.69, 9.17) is 11.5 Å². The van der Waals surface area contributed by atoms with Crippen molar-refractivity contribution in [2.24, 2.45) is 5.73 Å². The largest absolute Gasteiger partial charge is 0.398 e.